The summed E-state index contributed by atoms with van der Waals surface area (Å²) in [5.74, 6) is 0.253. The first-order valence-corrected chi connectivity index (χ1v) is 7.62. The largest absolute Gasteiger partial charge is 0.514 e. The minimum atomic E-state index is -1.84. The molecular formula is C16H22O8. The minimum absolute atomic E-state index is 0.225. The van der Waals surface area contributed by atoms with Crippen molar-refractivity contribution in [3.63, 3.8) is 0 Å². The topological polar surface area (TPSA) is 115 Å². The third-order valence-corrected chi connectivity index (χ3v) is 3.78. The van der Waals surface area contributed by atoms with Gasteiger partial charge in [-0.25, -0.2) is 4.79 Å². The Hall–Kier alpha value is -1.71. The Morgan fingerprint density at radius 3 is 2.58 bits per heavy atom. The zero-order chi connectivity index (χ0) is 17.7. The van der Waals surface area contributed by atoms with Gasteiger partial charge in [-0.2, -0.15) is 0 Å². The fourth-order valence-corrected chi connectivity index (χ4v) is 2.48. The first-order chi connectivity index (χ1) is 11.4. The Labute approximate surface area is 139 Å². The molecule has 1 aliphatic rings. The van der Waals surface area contributed by atoms with Crippen LogP contribution in [0.1, 0.15) is 13.8 Å². The van der Waals surface area contributed by atoms with Crippen molar-refractivity contribution in [1.82, 2.24) is 0 Å². The van der Waals surface area contributed by atoms with Gasteiger partial charge in [-0.3, -0.25) is 0 Å². The second kappa shape index (κ2) is 7.91. The van der Waals surface area contributed by atoms with Gasteiger partial charge in [0, 0.05) is 6.61 Å². The maximum absolute atomic E-state index is 12.0. The van der Waals surface area contributed by atoms with Crippen LogP contribution in [0.3, 0.4) is 0 Å². The van der Waals surface area contributed by atoms with E-state index in [1.165, 1.54) is 6.92 Å². The molecule has 8 heteroatoms. The third kappa shape index (κ3) is 4.03. The Balaban J connectivity index is 2.12. The lowest BCUT2D eigenvalue weighted by Gasteiger charge is -2.46. The van der Waals surface area contributed by atoms with Crippen LogP contribution in [0.4, 0.5) is 4.79 Å². The lowest BCUT2D eigenvalue weighted by molar-refractivity contribution is -0.326. The minimum Gasteiger partial charge on any atom is -0.424 e. The number of aliphatic hydroxyl groups excluding tert-OH is 2. The Morgan fingerprint density at radius 1 is 1.33 bits per heavy atom. The van der Waals surface area contributed by atoms with Gasteiger partial charge in [0.2, 0.25) is 0 Å². The lowest BCUT2D eigenvalue weighted by atomic mass is 9.86. The van der Waals surface area contributed by atoms with Gasteiger partial charge in [-0.1, -0.05) is 18.2 Å². The zero-order valence-electron chi connectivity index (χ0n) is 13.5. The Kier molecular flexibility index (Phi) is 6.14. The highest BCUT2D eigenvalue weighted by molar-refractivity contribution is 5.64. The van der Waals surface area contributed by atoms with E-state index in [4.69, 9.17) is 18.9 Å². The van der Waals surface area contributed by atoms with Gasteiger partial charge in [-0.05, 0) is 26.0 Å². The molecule has 5 atom stereocenters. The summed E-state index contributed by atoms with van der Waals surface area (Å²) in [6.45, 7) is 2.66. The third-order valence-electron chi connectivity index (χ3n) is 3.78. The van der Waals surface area contributed by atoms with Crippen molar-refractivity contribution in [2.75, 3.05) is 13.2 Å². The summed E-state index contributed by atoms with van der Waals surface area (Å²) >= 11 is 0. The van der Waals surface area contributed by atoms with Gasteiger partial charge in [0.05, 0.1) is 6.61 Å². The van der Waals surface area contributed by atoms with E-state index in [0.29, 0.717) is 0 Å². The van der Waals surface area contributed by atoms with Crippen LogP contribution < -0.4 is 4.74 Å². The summed E-state index contributed by atoms with van der Waals surface area (Å²) in [5.41, 5.74) is -1.84. The van der Waals surface area contributed by atoms with E-state index in [1.54, 1.807) is 37.3 Å². The second-order valence-electron chi connectivity index (χ2n) is 5.55. The number of carbonyl (C=O) groups excluding carboxylic acids is 1. The summed E-state index contributed by atoms with van der Waals surface area (Å²) in [4.78, 5) is 12.0. The molecule has 0 spiro atoms. The average Bonchev–Trinajstić information content (AvgIpc) is 2.55. The molecule has 0 amide bonds. The SMILES string of the molecule is CCO[C@@H]1O[C@H](CO)[C@@](C)(O)[C@H](OC(=O)Oc2ccccc2)[C@H]1O. The molecule has 0 radical (unpaired) electrons. The molecule has 0 aliphatic carbocycles. The fourth-order valence-electron chi connectivity index (χ4n) is 2.48. The van der Waals surface area contributed by atoms with Crippen molar-refractivity contribution < 1.29 is 39.1 Å². The molecule has 1 fully saturated rings. The van der Waals surface area contributed by atoms with Gasteiger partial charge in [-0.15, -0.1) is 0 Å². The van der Waals surface area contributed by atoms with Gasteiger partial charge >= 0.3 is 6.16 Å². The smallest absolute Gasteiger partial charge is 0.424 e. The molecule has 0 saturated carbocycles. The highest BCUT2D eigenvalue weighted by atomic mass is 16.7. The molecule has 0 aromatic heterocycles. The summed E-state index contributed by atoms with van der Waals surface area (Å²) < 4.78 is 20.6. The van der Waals surface area contributed by atoms with Crippen molar-refractivity contribution in [2.45, 2.75) is 44.1 Å². The molecular weight excluding hydrogens is 320 g/mol. The second-order valence-corrected chi connectivity index (χ2v) is 5.55. The fraction of sp³-hybridized carbons (Fsp3) is 0.562. The number of aliphatic hydroxyl groups is 3. The number of para-hydroxylation sites is 1. The van der Waals surface area contributed by atoms with E-state index in [0.717, 1.165) is 0 Å². The summed E-state index contributed by atoms with van der Waals surface area (Å²) in [7, 11) is 0. The van der Waals surface area contributed by atoms with Crippen LogP contribution in [0.25, 0.3) is 0 Å². The van der Waals surface area contributed by atoms with E-state index < -0.39 is 43.0 Å². The Bertz CT molecular complexity index is 532. The number of hydrogen-bond donors (Lipinski definition) is 3. The molecule has 2 rings (SSSR count). The Morgan fingerprint density at radius 2 is 2.00 bits per heavy atom. The van der Waals surface area contributed by atoms with E-state index >= 15 is 0 Å². The monoisotopic (exact) mass is 342 g/mol. The number of rotatable bonds is 5. The molecule has 0 bridgehead atoms. The molecule has 1 aromatic carbocycles. The normalized spacial score (nSPS) is 33.0. The molecule has 1 aromatic rings. The van der Waals surface area contributed by atoms with Gasteiger partial charge in [0.15, 0.2) is 12.4 Å². The first-order valence-electron chi connectivity index (χ1n) is 7.62. The number of benzene rings is 1. The molecule has 1 heterocycles. The van der Waals surface area contributed by atoms with Gasteiger partial charge in [0.1, 0.15) is 23.6 Å². The first kappa shape index (κ1) is 18.6. The van der Waals surface area contributed by atoms with Crippen LogP contribution in [0, 0.1) is 0 Å². The predicted octanol–water partition coefficient (Wildman–Crippen LogP) is 0.436. The van der Waals surface area contributed by atoms with Crippen LogP contribution in [-0.4, -0.2) is 64.9 Å². The maximum Gasteiger partial charge on any atom is 0.514 e. The van der Waals surface area contributed by atoms with Gasteiger partial charge < -0.3 is 34.3 Å². The van der Waals surface area contributed by atoms with Crippen molar-refractivity contribution in [1.29, 1.82) is 0 Å². The van der Waals surface area contributed by atoms with Crippen molar-refractivity contribution in [2.24, 2.45) is 0 Å². The average molecular weight is 342 g/mol. The highest BCUT2D eigenvalue weighted by Crippen LogP contribution is 2.32. The molecule has 134 valence electrons. The maximum atomic E-state index is 12.0. The van der Waals surface area contributed by atoms with Crippen LogP contribution in [0.5, 0.6) is 5.75 Å². The van der Waals surface area contributed by atoms with Crippen molar-refractivity contribution >= 4 is 6.16 Å². The highest BCUT2D eigenvalue weighted by Gasteiger charge is 2.55. The molecule has 3 N–H and O–H groups in total. The standard InChI is InChI=1S/C16H22O8/c1-3-21-14-12(18)13(16(2,20)11(9-17)23-14)24-15(19)22-10-7-5-4-6-8-10/h4-8,11-14,17-18,20H,3,9H2,1-2H3/t11-,12-,13-,14-,16-/m1/s1. The molecule has 1 aliphatic heterocycles. The number of ether oxygens (including phenoxy) is 4. The van der Waals surface area contributed by atoms with Crippen molar-refractivity contribution in [3.05, 3.63) is 30.3 Å². The van der Waals surface area contributed by atoms with Crippen LogP contribution in [0.2, 0.25) is 0 Å². The number of hydrogen-bond acceptors (Lipinski definition) is 8. The molecule has 1 saturated heterocycles. The van der Waals surface area contributed by atoms with E-state index in [1.807, 2.05) is 0 Å². The summed E-state index contributed by atoms with van der Waals surface area (Å²) in [6, 6.07) is 8.21. The van der Waals surface area contributed by atoms with E-state index in [9.17, 15) is 20.1 Å². The predicted molar refractivity (Wildman–Crippen MR) is 81.3 cm³/mol. The van der Waals surface area contributed by atoms with E-state index in [2.05, 4.69) is 0 Å². The van der Waals surface area contributed by atoms with Gasteiger partial charge in [0.25, 0.3) is 0 Å². The molecule has 0 unspecified atom stereocenters. The zero-order valence-corrected chi connectivity index (χ0v) is 13.5. The van der Waals surface area contributed by atoms with Crippen LogP contribution in [-0.2, 0) is 14.2 Å². The molecule has 8 nitrogen and oxygen atoms in total. The van der Waals surface area contributed by atoms with Crippen molar-refractivity contribution in [3.8, 4) is 5.75 Å². The number of carbonyl (C=O) groups is 1. The summed E-state index contributed by atoms with van der Waals surface area (Å²) in [6.07, 6.45) is -6.21. The molecule has 24 heavy (non-hydrogen) atoms. The lowest BCUT2D eigenvalue weighted by Crippen LogP contribution is -2.67. The van der Waals surface area contributed by atoms with Crippen LogP contribution in [0.15, 0.2) is 30.3 Å². The summed E-state index contributed by atoms with van der Waals surface area (Å²) in [5, 5.41) is 30.2. The quantitative estimate of drug-likeness (QED) is 0.521. The van der Waals surface area contributed by atoms with E-state index in [-0.39, 0.29) is 12.4 Å². The van der Waals surface area contributed by atoms with Crippen LogP contribution >= 0.6 is 0 Å².